The molecule has 0 spiro atoms. The standard InChI is InChI=1S/C18H19FN4O2/c1-23-7-6-15-17(23)18(21-11-20-15)22-14-5-4-12(19)9-16(14)25-13-3-2-8-24-10-13/h4-7,9,11,13H,2-3,8,10H2,1H3,(H,20,21,22). The van der Waals surface area contributed by atoms with Crippen LogP contribution in [0.1, 0.15) is 12.8 Å². The summed E-state index contributed by atoms with van der Waals surface area (Å²) in [6.45, 7) is 1.27. The molecule has 1 N–H and O–H groups in total. The molecule has 130 valence electrons. The average molecular weight is 342 g/mol. The summed E-state index contributed by atoms with van der Waals surface area (Å²) in [5.41, 5.74) is 2.37. The molecule has 0 aliphatic carbocycles. The molecule has 0 radical (unpaired) electrons. The molecule has 0 amide bonds. The number of benzene rings is 1. The third-order valence-electron chi connectivity index (χ3n) is 4.27. The average Bonchev–Trinajstić information content (AvgIpc) is 3.00. The van der Waals surface area contributed by atoms with Gasteiger partial charge in [-0.05, 0) is 31.0 Å². The minimum absolute atomic E-state index is 0.0726. The summed E-state index contributed by atoms with van der Waals surface area (Å²) < 4.78 is 27.1. The number of nitrogens with zero attached hydrogens (tertiary/aromatic N) is 3. The van der Waals surface area contributed by atoms with Gasteiger partial charge in [0.05, 0.1) is 17.8 Å². The highest BCUT2D eigenvalue weighted by atomic mass is 19.1. The fourth-order valence-corrected chi connectivity index (χ4v) is 3.02. The molecular formula is C18H19FN4O2. The summed E-state index contributed by atoms with van der Waals surface area (Å²) in [6.07, 6.45) is 5.19. The summed E-state index contributed by atoms with van der Waals surface area (Å²) in [7, 11) is 1.93. The van der Waals surface area contributed by atoms with E-state index in [0.717, 1.165) is 30.5 Å². The summed E-state index contributed by atoms with van der Waals surface area (Å²) in [5, 5.41) is 3.25. The Hall–Kier alpha value is -2.67. The molecule has 1 fully saturated rings. The number of hydrogen-bond donors (Lipinski definition) is 1. The molecule has 6 nitrogen and oxygen atoms in total. The number of rotatable bonds is 4. The van der Waals surface area contributed by atoms with Crippen molar-refractivity contribution in [2.45, 2.75) is 18.9 Å². The molecule has 1 unspecified atom stereocenters. The van der Waals surface area contributed by atoms with Gasteiger partial charge in [-0.1, -0.05) is 0 Å². The first-order chi connectivity index (χ1) is 12.2. The van der Waals surface area contributed by atoms with Crippen molar-refractivity contribution in [3.8, 4) is 5.75 Å². The predicted molar refractivity (Wildman–Crippen MR) is 92.7 cm³/mol. The van der Waals surface area contributed by atoms with Crippen molar-refractivity contribution in [1.29, 1.82) is 0 Å². The van der Waals surface area contributed by atoms with E-state index in [-0.39, 0.29) is 11.9 Å². The van der Waals surface area contributed by atoms with Crippen molar-refractivity contribution >= 4 is 22.5 Å². The van der Waals surface area contributed by atoms with Crippen LogP contribution < -0.4 is 10.1 Å². The van der Waals surface area contributed by atoms with E-state index in [1.165, 1.54) is 18.5 Å². The molecule has 1 aliphatic heterocycles. The SMILES string of the molecule is Cn1ccc2ncnc(Nc3ccc(F)cc3OC3CCCOC3)c21. The molecule has 3 aromatic rings. The second kappa shape index (κ2) is 6.68. The van der Waals surface area contributed by atoms with Gasteiger partial charge in [0, 0.05) is 25.9 Å². The van der Waals surface area contributed by atoms with E-state index in [1.807, 2.05) is 23.9 Å². The molecule has 1 atom stereocenters. The van der Waals surface area contributed by atoms with Crippen molar-refractivity contribution < 1.29 is 13.9 Å². The Morgan fingerprint density at radius 2 is 2.24 bits per heavy atom. The third kappa shape index (κ3) is 3.28. The third-order valence-corrected chi connectivity index (χ3v) is 4.27. The lowest BCUT2D eigenvalue weighted by atomic mass is 10.1. The van der Waals surface area contributed by atoms with Crippen LogP contribution in [-0.2, 0) is 11.8 Å². The first-order valence-corrected chi connectivity index (χ1v) is 8.28. The Morgan fingerprint density at radius 1 is 1.32 bits per heavy atom. The molecule has 7 heteroatoms. The number of aromatic nitrogens is 3. The molecule has 3 heterocycles. The largest absolute Gasteiger partial charge is 0.486 e. The Labute approximate surface area is 144 Å². The number of fused-ring (bicyclic) bond motifs is 1. The highest BCUT2D eigenvalue weighted by Gasteiger charge is 2.18. The van der Waals surface area contributed by atoms with Crippen LogP contribution >= 0.6 is 0 Å². The van der Waals surface area contributed by atoms with Gasteiger partial charge in [0.15, 0.2) is 5.82 Å². The van der Waals surface area contributed by atoms with E-state index < -0.39 is 0 Å². The first kappa shape index (κ1) is 15.8. The van der Waals surface area contributed by atoms with Crippen LogP contribution in [0.25, 0.3) is 11.0 Å². The molecular weight excluding hydrogens is 323 g/mol. The van der Waals surface area contributed by atoms with Gasteiger partial charge in [0.2, 0.25) is 0 Å². The van der Waals surface area contributed by atoms with Gasteiger partial charge >= 0.3 is 0 Å². The summed E-state index contributed by atoms with van der Waals surface area (Å²) >= 11 is 0. The van der Waals surface area contributed by atoms with E-state index in [1.54, 1.807) is 6.07 Å². The maximum atomic E-state index is 13.7. The van der Waals surface area contributed by atoms with Crippen LogP contribution in [0.2, 0.25) is 0 Å². The Bertz CT molecular complexity index is 890. The fraction of sp³-hybridized carbons (Fsp3) is 0.333. The van der Waals surface area contributed by atoms with Crippen LogP contribution in [0.5, 0.6) is 5.75 Å². The number of anilines is 2. The first-order valence-electron chi connectivity index (χ1n) is 8.28. The van der Waals surface area contributed by atoms with Gasteiger partial charge in [-0.15, -0.1) is 0 Å². The topological polar surface area (TPSA) is 61.2 Å². The van der Waals surface area contributed by atoms with Crippen molar-refractivity contribution in [3.63, 3.8) is 0 Å². The van der Waals surface area contributed by atoms with Crippen molar-refractivity contribution in [2.24, 2.45) is 7.05 Å². The van der Waals surface area contributed by atoms with E-state index >= 15 is 0 Å². The number of hydrogen-bond acceptors (Lipinski definition) is 5. The van der Waals surface area contributed by atoms with Gasteiger partial charge < -0.3 is 19.4 Å². The Morgan fingerprint density at radius 3 is 3.08 bits per heavy atom. The van der Waals surface area contributed by atoms with Crippen LogP contribution in [0.3, 0.4) is 0 Å². The van der Waals surface area contributed by atoms with E-state index in [4.69, 9.17) is 9.47 Å². The molecule has 1 aromatic carbocycles. The monoisotopic (exact) mass is 342 g/mol. The van der Waals surface area contributed by atoms with Crippen molar-refractivity contribution in [1.82, 2.24) is 14.5 Å². The molecule has 2 aromatic heterocycles. The molecule has 25 heavy (non-hydrogen) atoms. The van der Waals surface area contributed by atoms with Gasteiger partial charge in [-0.25, -0.2) is 14.4 Å². The van der Waals surface area contributed by atoms with Crippen LogP contribution in [0, 0.1) is 5.82 Å². The molecule has 0 bridgehead atoms. The number of nitrogens with one attached hydrogen (secondary N) is 1. The zero-order valence-electron chi connectivity index (χ0n) is 13.9. The van der Waals surface area contributed by atoms with E-state index in [0.29, 0.717) is 23.9 Å². The molecule has 4 rings (SSSR count). The minimum atomic E-state index is -0.344. The maximum absolute atomic E-state index is 13.7. The normalized spacial score (nSPS) is 17.6. The van der Waals surface area contributed by atoms with Crippen molar-refractivity contribution in [2.75, 3.05) is 18.5 Å². The zero-order valence-corrected chi connectivity index (χ0v) is 13.9. The van der Waals surface area contributed by atoms with Gasteiger partial charge in [0.25, 0.3) is 0 Å². The molecule has 0 saturated carbocycles. The van der Waals surface area contributed by atoms with Gasteiger partial charge in [-0.2, -0.15) is 0 Å². The predicted octanol–water partition coefficient (Wildman–Crippen LogP) is 3.41. The number of halogens is 1. The molecule has 1 aliphatic rings. The summed E-state index contributed by atoms with van der Waals surface area (Å²) in [4.78, 5) is 8.58. The smallest absolute Gasteiger partial charge is 0.158 e. The Kier molecular flexibility index (Phi) is 4.23. The second-order valence-corrected chi connectivity index (χ2v) is 6.11. The highest BCUT2D eigenvalue weighted by molar-refractivity contribution is 5.88. The van der Waals surface area contributed by atoms with Gasteiger partial charge in [0.1, 0.15) is 29.5 Å². The lowest BCUT2D eigenvalue weighted by molar-refractivity contribution is 0.00763. The summed E-state index contributed by atoms with van der Waals surface area (Å²) in [5.74, 6) is 0.759. The minimum Gasteiger partial charge on any atom is -0.486 e. The van der Waals surface area contributed by atoms with Crippen LogP contribution in [0.4, 0.5) is 15.9 Å². The lowest BCUT2D eigenvalue weighted by Crippen LogP contribution is -2.28. The fourth-order valence-electron chi connectivity index (χ4n) is 3.02. The van der Waals surface area contributed by atoms with Crippen molar-refractivity contribution in [3.05, 3.63) is 42.6 Å². The van der Waals surface area contributed by atoms with E-state index in [9.17, 15) is 4.39 Å². The number of ether oxygens (including phenoxy) is 2. The lowest BCUT2D eigenvalue weighted by Gasteiger charge is -2.24. The number of aryl methyl sites for hydroxylation is 1. The van der Waals surface area contributed by atoms with Crippen LogP contribution in [0.15, 0.2) is 36.8 Å². The van der Waals surface area contributed by atoms with Crippen LogP contribution in [-0.4, -0.2) is 33.9 Å². The van der Waals surface area contributed by atoms with Gasteiger partial charge in [-0.3, -0.25) is 0 Å². The highest BCUT2D eigenvalue weighted by Crippen LogP contribution is 2.32. The zero-order chi connectivity index (χ0) is 17.2. The maximum Gasteiger partial charge on any atom is 0.158 e. The second-order valence-electron chi connectivity index (χ2n) is 6.11. The summed E-state index contributed by atoms with van der Waals surface area (Å²) in [6, 6.07) is 6.37. The van der Waals surface area contributed by atoms with E-state index in [2.05, 4.69) is 15.3 Å². The Balaban J connectivity index is 1.66. The quantitative estimate of drug-likeness (QED) is 0.787. The molecule has 1 saturated heterocycles.